The van der Waals surface area contributed by atoms with Gasteiger partial charge in [0.1, 0.15) is 0 Å². The van der Waals surface area contributed by atoms with Gasteiger partial charge in [0.15, 0.2) is 0 Å². The smallest absolute Gasteiger partial charge is 0.328 e. The fourth-order valence-corrected chi connectivity index (χ4v) is 2.15. The number of nitrogens with zero attached hydrogens (tertiary/aromatic N) is 3. The van der Waals surface area contributed by atoms with Crippen molar-refractivity contribution < 1.29 is 9.72 Å². The van der Waals surface area contributed by atoms with Crippen LogP contribution in [-0.2, 0) is 6.42 Å². The largest absolute Gasteiger partial charge is 0.330 e. The van der Waals surface area contributed by atoms with Crippen LogP contribution in [0.1, 0.15) is 5.69 Å². The highest BCUT2D eigenvalue weighted by Crippen LogP contribution is 2.29. The van der Waals surface area contributed by atoms with Gasteiger partial charge < -0.3 is 4.90 Å². The highest BCUT2D eigenvalue weighted by molar-refractivity contribution is 5.97. The van der Waals surface area contributed by atoms with E-state index in [1.807, 2.05) is 0 Å². The molecule has 20 heavy (non-hydrogen) atoms. The summed E-state index contributed by atoms with van der Waals surface area (Å²) < 4.78 is 1.49. The number of hydrogen-bond donors (Lipinski definition) is 0. The molecule has 104 valence electrons. The predicted octanol–water partition coefficient (Wildman–Crippen LogP) is 2.81. The molecule has 0 saturated heterocycles. The van der Waals surface area contributed by atoms with Gasteiger partial charge in [-0.1, -0.05) is 12.1 Å². The van der Waals surface area contributed by atoms with E-state index in [1.165, 1.54) is 15.5 Å². The van der Waals surface area contributed by atoms with Gasteiger partial charge in [-0.25, -0.2) is 4.79 Å². The number of hydrogen-bond acceptors (Lipinski definition) is 3. The molecule has 0 aliphatic carbocycles. The van der Waals surface area contributed by atoms with Crippen LogP contribution in [0, 0.1) is 10.1 Å². The molecule has 1 amide bonds. The van der Waals surface area contributed by atoms with Crippen LogP contribution in [0.3, 0.4) is 0 Å². The standard InChI is InChI=1S/C14H15N3O3/c1-4-6-10-9-11-12(16(10)14(18)15(2)3)7-5-8-13(11)17(19)20/h4-5,7-9H,1,6H2,2-3H3. The Hall–Kier alpha value is -2.63. The van der Waals surface area contributed by atoms with E-state index in [1.54, 1.807) is 38.4 Å². The number of non-ortho nitro benzene ring substituents is 1. The third-order valence-corrected chi connectivity index (χ3v) is 3.02. The van der Waals surface area contributed by atoms with Crippen molar-refractivity contribution in [2.45, 2.75) is 6.42 Å². The van der Waals surface area contributed by atoms with E-state index in [4.69, 9.17) is 0 Å². The maximum atomic E-state index is 12.3. The maximum absolute atomic E-state index is 12.3. The Balaban J connectivity index is 2.79. The first kappa shape index (κ1) is 13.8. The average molecular weight is 273 g/mol. The molecule has 0 aliphatic rings. The van der Waals surface area contributed by atoms with Crippen LogP contribution < -0.4 is 0 Å². The van der Waals surface area contributed by atoms with Crippen molar-refractivity contribution in [2.75, 3.05) is 14.1 Å². The van der Waals surface area contributed by atoms with E-state index in [9.17, 15) is 14.9 Å². The third kappa shape index (κ3) is 2.16. The molecule has 0 bridgehead atoms. The SMILES string of the molecule is C=CCc1cc2c([N+](=O)[O-])cccc2n1C(=O)N(C)C. The topological polar surface area (TPSA) is 68.4 Å². The molecule has 0 spiro atoms. The summed E-state index contributed by atoms with van der Waals surface area (Å²) in [6.45, 7) is 3.66. The fourth-order valence-electron chi connectivity index (χ4n) is 2.15. The molecule has 1 heterocycles. The number of nitro benzene ring substituents is 1. The van der Waals surface area contributed by atoms with Crippen LogP contribution >= 0.6 is 0 Å². The zero-order valence-corrected chi connectivity index (χ0v) is 11.4. The molecule has 0 fully saturated rings. The number of carbonyl (C=O) groups excluding carboxylic acids is 1. The normalized spacial score (nSPS) is 10.5. The van der Waals surface area contributed by atoms with E-state index in [-0.39, 0.29) is 11.7 Å². The lowest BCUT2D eigenvalue weighted by Gasteiger charge is -2.14. The van der Waals surface area contributed by atoms with Crippen LogP contribution in [0.4, 0.5) is 10.5 Å². The van der Waals surface area contributed by atoms with Gasteiger partial charge in [0.2, 0.25) is 0 Å². The zero-order valence-electron chi connectivity index (χ0n) is 11.4. The van der Waals surface area contributed by atoms with Gasteiger partial charge in [0, 0.05) is 32.3 Å². The summed E-state index contributed by atoms with van der Waals surface area (Å²) in [4.78, 5) is 24.4. The minimum absolute atomic E-state index is 0.00174. The summed E-state index contributed by atoms with van der Waals surface area (Å²) in [6, 6.07) is 6.16. The highest BCUT2D eigenvalue weighted by Gasteiger charge is 2.21. The molecule has 2 rings (SSSR count). The van der Waals surface area contributed by atoms with Gasteiger partial charge >= 0.3 is 6.03 Å². The van der Waals surface area contributed by atoms with E-state index in [0.29, 0.717) is 23.0 Å². The Kier molecular flexibility index (Phi) is 3.56. The molecular weight excluding hydrogens is 258 g/mol. The minimum atomic E-state index is -0.440. The lowest BCUT2D eigenvalue weighted by atomic mass is 10.2. The lowest BCUT2D eigenvalue weighted by Crippen LogP contribution is -2.28. The average Bonchev–Trinajstić information content (AvgIpc) is 2.75. The Morgan fingerprint density at radius 1 is 1.50 bits per heavy atom. The van der Waals surface area contributed by atoms with Gasteiger partial charge in [-0.05, 0) is 12.1 Å². The Morgan fingerprint density at radius 2 is 2.20 bits per heavy atom. The maximum Gasteiger partial charge on any atom is 0.328 e. The summed E-state index contributed by atoms with van der Waals surface area (Å²) in [7, 11) is 3.28. The number of rotatable bonds is 3. The van der Waals surface area contributed by atoms with Gasteiger partial charge in [-0.15, -0.1) is 6.58 Å². The number of aromatic nitrogens is 1. The summed E-state index contributed by atoms with van der Waals surface area (Å²) in [6.07, 6.45) is 2.13. The van der Waals surface area contributed by atoms with E-state index >= 15 is 0 Å². The first-order valence-electron chi connectivity index (χ1n) is 6.07. The molecule has 0 radical (unpaired) electrons. The molecule has 0 aliphatic heterocycles. The van der Waals surface area contributed by atoms with Crippen molar-refractivity contribution in [3.63, 3.8) is 0 Å². The first-order valence-corrected chi connectivity index (χ1v) is 6.07. The lowest BCUT2D eigenvalue weighted by molar-refractivity contribution is -0.383. The second kappa shape index (κ2) is 5.16. The molecule has 1 aromatic carbocycles. The van der Waals surface area contributed by atoms with Gasteiger partial charge in [-0.3, -0.25) is 14.7 Å². The second-order valence-corrected chi connectivity index (χ2v) is 4.61. The Morgan fingerprint density at radius 3 is 2.75 bits per heavy atom. The molecule has 1 aromatic heterocycles. The zero-order chi connectivity index (χ0) is 14.9. The van der Waals surface area contributed by atoms with Crippen molar-refractivity contribution in [1.82, 2.24) is 9.47 Å². The number of benzene rings is 1. The van der Waals surface area contributed by atoms with Crippen LogP contribution in [0.15, 0.2) is 36.9 Å². The highest BCUT2D eigenvalue weighted by atomic mass is 16.6. The number of allylic oxidation sites excluding steroid dienone is 1. The van der Waals surface area contributed by atoms with Crippen molar-refractivity contribution in [3.05, 3.63) is 52.7 Å². The molecule has 6 heteroatoms. The molecule has 0 N–H and O–H groups in total. The second-order valence-electron chi connectivity index (χ2n) is 4.61. The fraction of sp³-hybridized carbons (Fsp3) is 0.214. The minimum Gasteiger partial charge on any atom is -0.330 e. The molecule has 0 atom stereocenters. The van der Waals surface area contributed by atoms with E-state index in [2.05, 4.69) is 6.58 Å². The van der Waals surface area contributed by atoms with Crippen molar-refractivity contribution in [1.29, 1.82) is 0 Å². The summed E-state index contributed by atoms with van der Waals surface area (Å²) in [5, 5.41) is 11.5. The summed E-state index contributed by atoms with van der Waals surface area (Å²) in [5.74, 6) is 0. The number of nitro groups is 1. The number of amides is 1. The van der Waals surface area contributed by atoms with Crippen molar-refractivity contribution in [3.8, 4) is 0 Å². The summed E-state index contributed by atoms with van der Waals surface area (Å²) >= 11 is 0. The van der Waals surface area contributed by atoms with Crippen LogP contribution in [0.2, 0.25) is 0 Å². The molecule has 2 aromatic rings. The Bertz CT molecular complexity index is 701. The van der Waals surface area contributed by atoms with Crippen molar-refractivity contribution >= 4 is 22.6 Å². The quantitative estimate of drug-likeness (QED) is 0.490. The van der Waals surface area contributed by atoms with E-state index in [0.717, 1.165) is 0 Å². The van der Waals surface area contributed by atoms with Crippen molar-refractivity contribution in [2.24, 2.45) is 0 Å². The molecule has 6 nitrogen and oxygen atoms in total. The molecular formula is C14H15N3O3. The first-order chi connectivity index (χ1) is 9.47. The summed E-state index contributed by atoms with van der Waals surface area (Å²) in [5.41, 5.74) is 1.22. The number of carbonyl (C=O) groups is 1. The van der Waals surface area contributed by atoms with Gasteiger partial charge in [-0.2, -0.15) is 0 Å². The third-order valence-electron chi connectivity index (χ3n) is 3.02. The monoisotopic (exact) mass is 273 g/mol. The van der Waals surface area contributed by atoms with Crippen LogP contribution in [0.5, 0.6) is 0 Å². The number of fused-ring (bicyclic) bond motifs is 1. The van der Waals surface area contributed by atoms with Crippen LogP contribution in [0.25, 0.3) is 10.9 Å². The van der Waals surface area contributed by atoms with E-state index < -0.39 is 4.92 Å². The Labute approximate surface area is 116 Å². The predicted molar refractivity (Wildman–Crippen MR) is 77.0 cm³/mol. The van der Waals surface area contributed by atoms with Crippen LogP contribution in [-0.4, -0.2) is 34.5 Å². The van der Waals surface area contributed by atoms with Gasteiger partial charge in [0.05, 0.1) is 15.8 Å². The molecule has 0 unspecified atom stereocenters. The molecule has 0 saturated carbocycles. The van der Waals surface area contributed by atoms with Gasteiger partial charge in [0.25, 0.3) is 5.69 Å².